The molecule has 1 heteroatoms. The second-order valence-corrected chi connectivity index (χ2v) is 2.78. The van der Waals surface area contributed by atoms with Crippen LogP contribution in [-0.2, 0) is 0 Å². The van der Waals surface area contributed by atoms with E-state index in [1.807, 2.05) is 6.21 Å². The van der Waals surface area contributed by atoms with Gasteiger partial charge < -0.3 is 0 Å². The molecule has 0 spiro atoms. The van der Waals surface area contributed by atoms with Crippen LogP contribution in [0.5, 0.6) is 0 Å². The summed E-state index contributed by atoms with van der Waals surface area (Å²) in [6, 6.07) is 0. The lowest BCUT2D eigenvalue weighted by Gasteiger charge is -1.99. The number of aliphatic imine (C=N–C) groups is 1. The van der Waals surface area contributed by atoms with Crippen LogP contribution in [0, 0.1) is 5.92 Å². The van der Waals surface area contributed by atoms with E-state index in [1.54, 1.807) is 0 Å². The van der Waals surface area contributed by atoms with Crippen molar-refractivity contribution in [3.8, 4) is 0 Å². The standard InChI is InChI=1S/C8H13N/c1-7-3-4-8(2)6-9-5-7/h3,5,8H,4,6H2,1-2H3. The smallest absolute Gasteiger partial charge is 0.0417 e. The van der Waals surface area contributed by atoms with E-state index in [1.165, 1.54) is 12.0 Å². The predicted octanol–water partition coefficient (Wildman–Crippen LogP) is 2.04. The van der Waals surface area contributed by atoms with E-state index in [4.69, 9.17) is 0 Å². The largest absolute Gasteiger partial charge is 0.293 e. The fraction of sp³-hybridized carbons (Fsp3) is 0.625. The first-order chi connectivity index (χ1) is 4.29. The van der Waals surface area contributed by atoms with Crippen molar-refractivity contribution >= 4 is 6.21 Å². The Morgan fingerprint density at radius 3 is 3.22 bits per heavy atom. The minimum absolute atomic E-state index is 0.735. The van der Waals surface area contributed by atoms with Crippen LogP contribution < -0.4 is 0 Å². The van der Waals surface area contributed by atoms with Gasteiger partial charge in [-0.15, -0.1) is 0 Å². The highest BCUT2D eigenvalue weighted by atomic mass is 14.7. The lowest BCUT2D eigenvalue weighted by molar-refractivity contribution is 0.612. The van der Waals surface area contributed by atoms with Gasteiger partial charge in [-0.1, -0.05) is 13.0 Å². The second-order valence-electron chi connectivity index (χ2n) is 2.78. The molecule has 0 radical (unpaired) electrons. The van der Waals surface area contributed by atoms with E-state index in [-0.39, 0.29) is 0 Å². The molecule has 0 fully saturated rings. The SMILES string of the molecule is CC1=CCC(C)CN=C1. The summed E-state index contributed by atoms with van der Waals surface area (Å²) in [6.45, 7) is 5.32. The zero-order chi connectivity index (χ0) is 6.69. The first-order valence-electron chi connectivity index (χ1n) is 3.45. The number of nitrogens with zero attached hydrogens (tertiary/aromatic N) is 1. The van der Waals surface area contributed by atoms with E-state index in [0.717, 1.165) is 12.5 Å². The van der Waals surface area contributed by atoms with Crippen LogP contribution in [0.3, 0.4) is 0 Å². The fourth-order valence-corrected chi connectivity index (χ4v) is 0.891. The van der Waals surface area contributed by atoms with Crippen molar-refractivity contribution in [2.75, 3.05) is 6.54 Å². The maximum absolute atomic E-state index is 4.24. The van der Waals surface area contributed by atoms with Gasteiger partial charge in [-0.05, 0) is 24.8 Å². The van der Waals surface area contributed by atoms with Crippen molar-refractivity contribution in [3.05, 3.63) is 11.6 Å². The van der Waals surface area contributed by atoms with Gasteiger partial charge in [0.2, 0.25) is 0 Å². The van der Waals surface area contributed by atoms with Crippen molar-refractivity contribution in [1.29, 1.82) is 0 Å². The van der Waals surface area contributed by atoms with E-state index in [9.17, 15) is 0 Å². The van der Waals surface area contributed by atoms with E-state index < -0.39 is 0 Å². The molecular weight excluding hydrogens is 110 g/mol. The number of hydrogen-bond donors (Lipinski definition) is 0. The summed E-state index contributed by atoms with van der Waals surface area (Å²) in [5.74, 6) is 0.735. The van der Waals surface area contributed by atoms with Crippen molar-refractivity contribution in [2.24, 2.45) is 10.9 Å². The molecule has 0 aliphatic carbocycles. The highest BCUT2D eigenvalue weighted by molar-refractivity contribution is 5.77. The Balaban J connectivity index is 2.58. The first-order valence-corrected chi connectivity index (χ1v) is 3.45. The number of allylic oxidation sites excluding steroid dienone is 2. The van der Waals surface area contributed by atoms with Crippen LogP contribution in [0.4, 0.5) is 0 Å². The zero-order valence-electron chi connectivity index (χ0n) is 6.09. The van der Waals surface area contributed by atoms with Crippen LogP contribution >= 0.6 is 0 Å². The summed E-state index contributed by atoms with van der Waals surface area (Å²) in [7, 11) is 0. The number of hydrogen-bond acceptors (Lipinski definition) is 1. The average molecular weight is 123 g/mol. The molecule has 1 rings (SSSR count). The monoisotopic (exact) mass is 123 g/mol. The van der Waals surface area contributed by atoms with Gasteiger partial charge in [-0.25, -0.2) is 0 Å². The summed E-state index contributed by atoms with van der Waals surface area (Å²) >= 11 is 0. The molecule has 1 unspecified atom stereocenters. The van der Waals surface area contributed by atoms with Gasteiger partial charge in [0.15, 0.2) is 0 Å². The molecule has 1 atom stereocenters. The third-order valence-electron chi connectivity index (χ3n) is 1.55. The molecule has 0 bridgehead atoms. The highest BCUT2D eigenvalue weighted by Gasteiger charge is 2.00. The molecule has 50 valence electrons. The van der Waals surface area contributed by atoms with Crippen molar-refractivity contribution in [2.45, 2.75) is 20.3 Å². The Bertz CT molecular complexity index is 145. The summed E-state index contributed by atoms with van der Waals surface area (Å²) in [4.78, 5) is 4.24. The minimum atomic E-state index is 0.735. The first kappa shape index (κ1) is 6.53. The van der Waals surface area contributed by atoms with Gasteiger partial charge in [0.05, 0.1) is 0 Å². The second kappa shape index (κ2) is 2.81. The van der Waals surface area contributed by atoms with E-state index >= 15 is 0 Å². The maximum Gasteiger partial charge on any atom is 0.0417 e. The molecular formula is C8H13N. The molecule has 0 saturated carbocycles. The normalized spacial score (nSPS) is 27.3. The Hall–Kier alpha value is -0.590. The third kappa shape index (κ3) is 2.00. The summed E-state index contributed by atoms with van der Waals surface area (Å²) in [6.07, 6.45) is 5.40. The molecule has 0 amide bonds. The van der Waals surface area contributed by atoms with Crippen LogP contribution in [0.1, 0.15) is 20.3 Å². The lowest BCUT2D eigenvalue weighted by Crippen LogP contribution is -1.94. The molecule has 0 N–H and O–H groups in total. The lowest BCUT2D eigenvalue weighted by atomic mass is 10.1. The van der Waals surface area contributed by atoms with Crippen molar-refractivity contribution in [1.82, 2.24) is 0 Å². The van der Waals surface area contributed by atoms with Gasteiger partial charge in [0.1, 0.15) is 0 Å². The van der Waals surface area contributed by atoms with Gasteiger partial charge in [-0.3, -0.25) is 4.99 Å². The predicted molar refractivity (Wildman–Crippen MR) is 40.9 cm³/mol. The Kier molecular flexibility index (Phi) is 2.04. The summed E-state index contributed by atoms with van der Waals surface area (Å²) < 4.78 is 0. The molecule has 9 heavy (non-hydrogen) atoms. The van der Waals surface area contributed by atoms with Crippen LogP contribution in [0.2, 0.25) is 0 Å². The van der Waals surface area contributed by atoms with Gasteiger partial charge >= 0.3 is 0 Å². The fourth-order valence-electron chi connectivity index (χ4n) is 0.891. The van der Waals surface area contributed by atoms with E-state index in [0.29, 0.717) is 0 Å². The Labute approximate surface area is 56.5 Å². The van der Waals surface area contributed by atoms with Crippen LogP contribution in [0.15, 0.2) is 16.6 Å². The third-order valence-corrected chi connectivity index (χ3v) is 1.55. The maximum atomic E-state index is 4.24. The molecule has 1 heterocycles. The molecule has 0 aromatic rings. The van der Waals surface area contributed by atoms with Crippen molar-refractivity contribution in [3.63, 3.8) is 0 Å². The molecule has 1 aliphatic heterocycles. The molecule has 1 aliphatic rings. The van der Waals surface area contributed by atoms with Gasteiger partial charge in [0.25, 0.3) is 0 Å². The minimum Gasteiger partial charge on any atom is -0.293 e. The number of rotatable bonds is 0. The van der Waals surface area contributed by atoms with Gasteiger partial charge in [0, 0.05) is 12.8 Å². The molecule has 0 aromatic carbocycles. The zero-order valence-corrected chi connectivity index (χ0v) is 6.09. The van der Waals surface area contributed by atoms with E-state index in [2.05, 4.69) is 24.9 Å². The summed E-state index contributed by atoms with van der Waals surface area (Å²) in [5, 5.41) is 0. The quantitative estimate of drug-likeness (QED) is 0.467. The topological polar surface area (TPSA) is 12.4 Å². The summed E-state index contributed by atoms with van der Waals surface area (Å²) in [5.41, 5.74) is 1.30. The van der Waals surface area contributed by atoms with Gasteiger partial charge in [-0.2, -0.15) is 0 Å². The Morgan fingerprint density at radius 1 is 1.67 bits per heavy atom. The highest BCUT2D eigenvalue weighted by Crippen LogP contribution is 2.08. The molecule has 0 aromatic heterocycles. The average Bonchev–Trinajstić information content (AvgIpc) is 1.97. The van der Waals surface area contributed by atoms with Crippen LogP contribution in [-0.4, -0.2) is 12.8 Å². The molecule has 0 saturated heterocycles. The Morgan fingerprint density at radius 2 is 2.44 bits per heavy atom. The van der Waals surface area contributed by atoms with Crippen molar-refractivity contribution < 1.29 is 0 Å². The molecule has 1 nitrogen and oxygen atoms in total. The van der Waals surface area contributed by atoms with Crippen LogP contribution in [0.25, 0.3) is 0 Å².